The smallest absolute Gasteiger partial charge is 0.226 e. The topological polar surface area (TPSA) is 70.6 Å². The molecule has 5 nitrogen and oxygen atoms in total. The van der Waals surface area contributed by atoms with Crippen molar-refractivity contribution >= 4 is 11.6 Å². The molecule has 1 saturated carbocycles. The number of rotatable bonds is 6. The maximum Gasteiger partial charge on any atom is 0.226 e. The second-order valence-corrected chi connectivity index (χ2v) is 6.03. The van der Waals surface area contributed by atoms with Gasteiger partial charge < -0.3 is 20.5 Å². The quantitative estimate of drug-likeness (QED) is 0.754. The molecule has 0 aromatic heterocycles. The Bertz CT molecular complexity index is 485. The molecule has 1 atom stereocenters. The van der Waals surface area contributed by atoms with Crippen LogP contribution in [0.1, 0.15) is 39.0 Å². The zero-order valence-electron chi connectivity index (χ0n) is 13.3. The molecule has 1 aromatic carbocycles. The largest absolute Gasteiger partial charge is 0.495 e. The number of hydrogen-bond donors (Lipinski definition) is 3. The van der Waals surface area contributed by atoms with E-state index in [0.717, 1.165) is 25.7 Å². The minimum atomic E-state index is -0.151. The maximum atomic E-state index is 12.1. The van der Waals surface area contributed by atoms with Gasteiger partial charge in [0.25, 0.3) is 0 Å². The van der Waals surface area contributed by atoms with E-state index in [-0.39, 0.29) is 18.1 Å². The maximum absolute atomic E-state index is 12.1. The Morgan fingerprint density at radius 3 is 2.68 bits per heavy atom. The van der Waals surface area contributed by atoms with Crippen molar-refractivity contribution in [2.24, 2.45) is 0 Å². The predicted molar refractivity (Wildman–Crippen MR) is 87.1 cm³/mol. The molecule has 1 aliphatic carbocycles. The van der Waals surface area contributed by atoms with Gasteiger partial charge in [-0.1, -0.05) is 12.1 Å². The van der Waals surface area contributed by atoms with Crippen LogP contribution in [0.15, 0.2) is 24.3 Å². The number of aliphatic hydroxyl groups is 1. The third-order valence-electron chi connectivity index (χ3n) is 4.09. The summed E-state index contributed by atoms with van der Waals surface area (Å²) in [6, 6.07) is 7.90. The minimum absolute atomic E-state index is 0.0275. The summed E-state index contributed by atoms with van der Waals surface area (Å²) >= 11 is 0. The number of nitrogens with one attached hydrogen (secondary N) is 2. The van der Waals surface area contributed by atoms with Crippen LogP contribution in [0, 0.1) is 0 Å². The van der Waals surface area contributed by atoms with Crippen molar-refractivity contribution < 1.29 is 14.6 Å². The average Bonchev–Trinajstić information content (AvgIpc) is 2.50. The molecule has 1 aromatic rings. The van der Waals surface area contributed by atoms with Gasteiger partial charge in [0.1, 0.15) is 5.75 Å². The van der Waals surface area contributed by atoms with Crippen LogP contribution >= 0.6 is 0 Å². The van der Waals surface area contributed by atoms with Gasteiger partial charge in [-0.2, -0.15) is 0 Å². The summed E-state index contributed by atoms with van der Waals surface area (Å²) in [6.45, 7) is 2.02. The van der Waals surface area contributed by atoms with E-state index in [1.807, 2.05) is 31.2 Å². The van der Waals surface area contributed by atoms with Gasteiger partial charge in [-0.15, -0.1) is 0 Å². The first-order chi connectivity index (χ1) is 10.6. The van der Waals surface area contributed by atoms with Crippen molar-refractivity contribution in [1.82, 2.24) is 5.32 Å². The highest BCUT2D eigenvalue weighted by Gasteiger charge is 2.21. The van der Waals surface area contributed by atoms with Gasteiger partial charge in [0.15, 0.2) is 0 Å². The summed E-state index contributed by atoms with van der Waals surface area (Å²) in [7, 11) is 1.59. The number of aliphatic hydroxyl groups excluding tert-OH is 1. The van der Waals surface area contributed by atoms with Crippen molar-refractivity contribution in [1.29, 1.82) is 0 Å². The van der Waals surface area contributed by atoms with Crippen molar-refractivity contribution in [2.45, 2.75) is 57.2 Å². The van der Waals surface area contributed by atoms with Gasteiger partial charge in [0.05, 0.1) is 18.9 Å². The zero-order valence-corrected chi connectivity index (χ0v) is 13.3. The highest BCUT2D eigenvalue weighted by atomic mass is 16.5. The molecule has 2 rings (SSSR count). The highest BCUT2D eigenvalue weighted by Crippen LogP contribution is 2.23. The molecular formula is C17H26N2O3. The molecule has 0 radical (unpaired) electrons. The summed E-state index contributed by atoms with van der Waals surface area (Å²) in [6.07, 6.45) is 3.90. The summed E-state index contributed by atoms with van der Waals surface area (Å²) in [5, 5.41) is 15.9. The molecular weight excluding hydrogens is 280 g/mol. The third kappa shape index (κ3) is 5.00. The third-order valence-corrected chi connectivity index (χ3v) is 4.09. The Kier molecular flexibility index (Phi) is 6.21. The highest BCUT2D eigenvalue weighted by molar-refractivity contribution is 5.92. The van der Waals surface area contributed by atoms with Gasteiger partial charge in [0, 0.05) is 18.5 Å². The standard InChI is InChI=1S/C17H26N2O3/c1-12(18-13-7-9-14(20)10-8-13)11-17(21)19-15-5-3-4-6-16(15)22-2/h3-6,12-14,18,20H,7-11H2,1-2H3,(H,19,21)/t12-,13?,14?/m0/s1. The molecule has 0 saturated heterocycles. The van der Waals surface area contributed by atoms with Gasteiger partial charge in [-0.3, -0.25) is 4.79 Å². The second kappa shape index (κ2) is 8.15. The van der Waals surface area contributed by atoms with Crippen LogP contribution in [-0.4, -0.2) is 36.3 Å². The molecule has 0 aliphatic heterocycles. The molecule has 3 N–H and O–H groups in total. The van der Waals surface area contributed by atoms with Crippen molar-refractivity contribution in [2.75, 3.05) is 12.4 Å². The molecule has 1 aliphatic rings. The van der Waals surface area contributed by atoms with Crippen LogP contribution in [0.3, 0.4) is 0 Å². The lowest BCUT2D eigenvalue weighted by atomic mass is 9.92. The fourth-order valence-electron chi connectivity index (χ4n) is 2.93. The number of benzene rings is 1. The van der Waals surface area contributed by atoms with Gasteiger partial charge in [-0.05, 0) is 44.7 Å². The van der Waals surface area contributed by atoms with E-state index in [1.165, 1.54) is 0 Å². The van der Waals surface area contributed by atoms with E-state index >= 15 is 0 Å². The number of methoxy groups -OCH3 is 1. The molecule has 22 heavy (non-hydrogen) atoms. The first-order valence-corrected chi connectivity index (χ1v) is 7.95. The minimum Gasteiger partial charge on any atom is -0.495 e. The van der Waals surface area contributed by atoms with E-state index in [1.54, 1.807) is 7.11 Å². The summed E-state index contributed by atoms with van der Waals surface area (Å²) in [5.41, 5.74) is 0.697. The second-order valence-electron chi connectivity index (χ2n) is 6.03. The average molecular weight is 306 g/mol. The Morgan fingerprint density at radius 2 is 2.00 bits per heavy atom. The fraction of sp³-hybridized carbons (Fsp3) is 0.588. The lowest BCUT2D eigenvalue weighted by Crippen LogP contribution is -2.41. The molecule has 0 heterocycles. The van der Waals surface area contributed by atoms with Crippen molar-refractivity contribution in [3.8, 4) is 5.75 Å². The number of amides is 1. The Morgan fingerprint density at radius 1 is 1.32 bits per heavy atom. The van der Waals surface area contributed by atoms with Crippen LogP contribution in [0.5, 0.6) is 5.75 Å². The van der Waals surface area contributed by atoms with Crippen LogP contribution in [0.25, 0.3) is 0 Å². The van der Waals surface area contributed by atoms with Crippen molar-refractivity contribution in [3.63, 3.8) is 0 Å². The Balaban J connectivity index is 1.78. The lowest BCUT2D eigenvalue weighted by molar-refractivity contribution is -0.116. The normalized spacial score (nSPS) is 22.9. The molecule has 5 heteroatoms. The first kappa shape index (κ1) is 16.8. The zero-order chi connectivity index (χ0) is 15.9. The van der Waals surface area contributed by atoms with Crippen LogP contribution in [-0.2, 0) is 4.79 Å². The molecule has 1 amide bonds. The van der Waals surface area contributed by atoms with E-state index in [9.17, 15) is 9.90 Å². The van der Waals surface area contributed by atoms with Gasteiger partial charge >= 0.3 is 0 Å². The molecule has 0 unspecified atom stereocenters. The molecule has 0 spiro atoms. The van der Waals surface area contributed by atoms with Crippen molar-refractivity contribution in [3.05, 3.63) is 24.3 Å². The number of anilines is 1. The van der Waals surface area contributed by atoms with E-state index in [2.05, 4.69) is 10.6 Å². The Labute approximate surface area is 132 Å². The molecule has 0 bridgehead atoms. The van der Waals surface area contributed by atoms with E-state index < -0.39 is 0 Å². The summed E-state index contributed by atoms with van der Waals surface area (Å²) in [5.74, 6) is 0.637. The summed E-state index contributed by atoms with van der Waals surface area (Å²) in [4.78, 5) is 12.1. The number of ether oxygens (including phenoxy) is 1. The van der Waals surface area contributed by atoms with Crippen LogP contribution in [0.2, 0.25) is 0 Å². The van der Waals surface area contributed by atoms with Gasteiger partial charge in [-0.25, -0.2) is 0 Å². The fourth-order valence-corrected chi connectivity index (χ4v) is 2.93. The molecule has 1 fully saturated rings. The predicted octanol–water partition coefficient (Wildman–Crippen LogP) is 2.31. The Hall–Kier alpha value is -1.59. The SMILES string of the molecule is COc1ccccc1NC(=O)C[C@H](C)NC1CCC(O)CC1. The van der Waals surface area contributed by atoms with Crippen LogP contribution < -0.4 is 15.4 Å². The van der Waals surface area contributed by atoms with Gasteiger partial charge in [0.2, 0.25) is 5.91 Å². The number of carbonyl (C=O) groups excluding carboxylic acids is 1. The molecule has 122 valence electrons. The number of carbonyl (C=O) groups is 1. The number of para-hydroxylation sites is 2. The monoisotopic (exact) mass is 306 g/mol. The summed E-state index contributed by atoms with van der Waals surface area (Å²) < 4.78 is 5.23. The number of hydrogen-bond acceptors (Lipinski definition) is 4. The van der Waals surface area contributed by atoms with E-state index in [4.69, 9.17) is 4.74 Å². The lowest BCUT2D eigenvalue weighted by Gasteiger charge is -2.29. The first-order valence-electron chi connectivity index (χ1n) is 7.95. The van der Waals surface area contributed by atoms with E-state index in [0.29, 0.717) is 23.9 Å². The van der Waals surface area contributed by atoms with Crippen LogP contribution in [0.4, 0.5) is 5.69 Å².